The van der Waals surface area contributed by atoms with Gasteiger partial charge in [0, 0.05) is 0 Å². The number of amides is 1. The first kappa shape index (κ1) is 13.9. The van der Waals surface area contributed by atoms with Crippen molar-refractivity contribution in [2.24, 2.45) is 4.99 Å². The van der Waals surface area contributed by atoms with Gasteiger partial charge < -0.3 is 4.74 Å². The average Bonchev–Trinajstić information content (AvgIpc) is 2.39. The maximum atomic E-state index is 11.7. The van der Waals surface area contributed by atoms with Crippen LogP contribution in [0, 0.1) is 0 Å². The van der Waals surface area contributed by atoms with Gasteiger partial charge in [-0.15, -0.1) is 0 Å². The van der Waals surface area contributed by atoms with Crippen molar-refractivity contribution in [3.63, 3.8) is 0 Å². The minimum Gasteiger partial charge on any atom is -0.443 e. The molecule has 0 saturated carbocycles. The molecule has 1 fully saturated rings. The lowest BCUT2D eigenvalue weighted by atomic mass is 10.2. The van der Waals surface area contributed by atoms with Crippen LogP contribution in [0.5, 0.6) is 0 Å². The van der Waals surface area contributed by atoms with Crippen molar-refractivity contribution in [2.45, 2.75) is 32.4 Å². The maximum Gasteiger partial charge on any atom is 0.426 e. The van der Waals surface area contributed by atoms with E-state index in [1.165, 1.54) is 0 Å². The second kappa shape index (κ2) is 4.61. The summed E-state index contributed by atoms with van der Waals surface area (Å²) in [5.41, 5.74) is -0.776. The highest BCUT2D eigenvalue weighted by Gasteiger charge is 2.44. The number of hydrogen-bond donors (Lipinski definition) is 0. The zero-order chi connectivity index (χ0) is 13.3. The van der Waals surface area contributed by atoms with Crippen molar-refractivity contribution in [3.05, 3.63) is 0 Å². The van der Waals surface area contributed by atoms with Gasteiger partial charge in [-0.2, -0.15) is 12.7 Å². The lowest BCUT2D eigenvalue weighted by molar-refractivity contribution is 0.0362. The van der Waals surface area contributed by atoms with Crippen LogP contribution in [-0.2, 0) is 19.2 Å². The van der Waals surface area contributed by atoms with Gasteiger partial charge in [-0.3, -0.25) is 9.18 Å². The fourth-order valence-corrected chi connectivity index (χ4v) is 2.45. The van der Waals surface area contributed by atoms with Gasteiger partial charge in [0.15, 0.2) is 0 Å². The molecule has 1 heterocycles. The first-order valence-electron chi connectivity index (χ1n) is 5.01. The summed E-state index contributed by atoms with van der Waals surface area (Å²) in [5, 5.41) is 0. The normalized spacial score (nSPS) is 23.5. The van der Waals surface area contributed by atoms with Gasteiger partial charge in [-0.05, 0) is 27.5 Å². The number of rotatable bonds is 2. The van der Waals surface area contributed by atoms with Crippen molar-refractivity contribution in [1.29, 1.82) is 0 Å². The van der Waals surface area contributed by atoms with Crippen LogP contribution < -0.4 is 0 Å². The van der Waals surface area contributed by atoms with E-state index in [4.69, 9.17) is 4.74 Å². The summed E-state index contributed by atoms with van der Waals surface area (Å²) >= 11 is 0. The Morgan fingerprint density at radius 2 is 2.18 bits per heavy atom. The highest BCUT2D eigenvalue weighted by Crippen LogP contribution is 2.22. The predicted molar refractivity (Wildman–Crippen MR) is 61.1 cm³/mol. The third-order valence-electron chi connectivity index (χ3n) is 1.90. The first-order chi connectivity index (χ1) is 7.67. The van der Waals surface area contributed by atoms with E-state index in [2.05, 4.69) is 15.9 Å². The molecule has 0 radical (unpaired) electrons. The molecule has 1 rings (SSSR count). The molecule has 1 atom stereocenters. The van der Waals surface area contributed by atoms with Gasteiger partial charge in [0.25, 0.3) is 0 Å². The first-order valence-corrected chi connectivity index (χ1v) is 6.38. The lowest BCUT2D eigenvalue weighted by Gasteiger charge is -2.25. The minimum atomic E-state index is -4.06. The fourth-order valence-electron chi connectivity index (χ4n) is 1.29. The molecule has 7 nitrogen and oxygen atoms in total. The molecule has 17 heavy (non-hydrogen) atoms. The predicted octanol–water partition coefficient (Wildman–Crippen LogP) is 0.568. The van der Waals surface area contributed by atoms with E-state index in [9.17, 15) is 13.2 Å². The Morgan fingerprint density at radius 1 is 1.59 bits per heavy atom. The van der Waals surface area contributed by atoms with E-state index >= 15 is 0 Å². The standard InChI is InChI=1S/C9H16N2O5S/c1-9(2,3)16-8(12)11-7(5-10-4)6-15-17(11,13)14/h7H,4-6H2,1-3H3/t7-/m1/s1. The number of hydrogen-bond acceptors (Lipinski definition) is 6. The van der Waals surface area contributed by atoms with Gasteiger partial charge in [-0.25, -0.2) is 4.79 Å². The van der Waals surface area contributed by atoms with Crippen LogP contribution in [0.1, 0.15) is 20.8 Å². The van der Waals surface area contributed by atoms with E-state index in [1.807, 2.05) is 0 Å². The van der Waals surface area contributed by atoms with Crippen LogP contribution in [0.2, 0.25) is 0 Å². The minimum absolute atomic E-state index is 0.0818. The third kappa shape index (κ3) is 3.40. The summed E-state index contributed by atoms with van der Waals surface area (Å²) in [7, 11) is -4.06. The molecular weight excluding hydrogens is 248 g/mol. The Balaban J connectivity index is 2.90. The molecule has 0 aliphatic carbocycles. The van der Waals surface area contributed by atoms with Crippen LogP contribution in [-0.4, -0.2) is 50.3 Å². The van der Waals surface area contributed by atoms with Gasteiger partial charge in [0.05, 0.1) is 19.2 Å². The van der Waals surface area contributed by atoms with Crippen molar-refractivity contribution in [1.82, 2.24) is 4.31 Å². The number of nitrogens with zero attached hydrogens (tertiary/aromatic N) is 2. The zero-order valence-corrected chi connectivity index (χ0v) is 10.9. The molecule has 0 aromatic rings. The second-order valence-electron chi connectivity index (χ2n) is 4.58. The summed E-state index contributed by atoms with van der Waals surface area (Å²) in [6.45, 7) is 8.16. The topological polar surface area (TPSA) is 85.3 Å². The summed E-state index contributed by atoms with van der Waals surface area (Å²) in [5.74, 6) is 0. The SMILES string of the molecule is C=NC[C@@H]1COS(=O)(=O)N1C(=O)OC(C)(C)C. The summed E-state index contributed by atoms with van der Waals surface area (Å²) < 4.78 is 33.2. The van der Waals surface area contributed by atoms with Gasteiger partial charge >= 0.3 is 16.4 Å². The van der Waals surface area contributed by atoms with E-state index in [0.717, 1.165) is 0 Å². The van der Waals surface area contributed by atoms with Crippen LogP contribution in [0.15, 0.2) is 4.99 Å². The van der Waals surface area contributed by atoms with Gasteiger partial charge in [-0.1, -0.05) is 0 Å². The van der Waals surface area contributed by atoms with Crippen molar-refractivity contribution in [2.75, 3.05) is 13.2 Å². The van der Waals surface area contributed by atoms with Crippen LogP contribution >= 0.6 is 0 Å². The molecular formula is C9H16N2O5S. The van der Waals surface area contributed by atoms with Gasteiger partial charge in [0.2, 0.25) is 0 Å². The largest absolute Gasteiger partial charge is 0.443 e. The van der Waals surface area contributed by atoms with Gasteiger partial charge in [0.1, 0.15) is 5.60 Å². The molecule has 1 aliphatic heterocycles. The lowest BCUT2D eigenvalue weighted by Crippen LogP contribution is -2.43. The van der Waals surface area contributed by atoms with E-state index in [1.54, 1.807) is 20.8 Å². The van der Waals surface area contributed by atoms with Crippen molar-refractivity contribution < 1.29 is 22.1 Å². The molecule has 0 N–H and O–H groups in total. The summed E-state index contributed by atoms with van der Waals surface area (Å²) in [6.07, 6.45) is -0.955. The average molecular weight is 264 g/mol. The molecule has 0 bridgehead atoms. The highest BCUT2D eigenvalue weighted by atomic mass is 32.2. The molecule has 0 spiro atoms. The number of ether oxygens (including phenoxy) is 1. The Hall–Kier alpha value is -1.15. The van der Waals surface area contributed by atoms with Crippen LogP contribution in [0.4, 0.5) is 4.79 Å². The molecule has 1 aliphatic rings. The maximum absolute atomic E-state index is 11.7. The molecule has 8 heteroatoms. The number of aliphatic imine (C=N–C) groups is 1. The Labute approximate surface area is 101 Å². The molecule has 1 saturated heterocycles. The van der Waals surface area contributed by atoms with E-state index in [-0.39, 0.29) is 13.2 Å². The molecule has 1 amide bonds. The molecule has 98 valence electrons. The Morgan fingerprint density at radius 3 is 2.65 bits per heavy atom. The highest BCUT2D eigenvalue weighted by molar-refractivity contribution is 7.85. The van der Waals surface area contributed by atoms with Crippen molar-refractivity contribution in [3.8, 4) is 0 Å². The van der Waals surface area contributed by atoms with Crippen LogP contribution in [0.25, 0.3) is 0 Å². The number of carbonyl (C=O) groups excluding carboxylic acids is 1. The second-order valence-corrected chi connectivity index (χ2v) is 6.06. The fraction of sp³-hybridized carbons (Fsp3) is 0.778. The number of carbonyl (C=O) groups is 1. The Kier molecular flexibility index (Phi) is 3.78. The third-order valence-corrected chi connectivity index (χ3v) is 3.26. The smallest absolute Gasteiger partial charge is 0.426 e. The van der Waals surface area contributed by atoms with Crippen LogP contribution in [0.3, 0.4) is 0 Å². The van der Waals surface area contributed by atoms with E-state index < -0.39 is 28.0 Å². The molecule has 0 unspecified atom stereocenters. The summed E-state index contributed by atoms with van der Waals surface area (Å²) in [6, 6.07) is -0.688. The summed E-state index contributed by atoms with van der Waals surface area (Å²) in [4.78, 5) is 15.3. The quantitative estimate of drug-likeness (QED) is 0.680. The molecule has 0 aromatic carbocycles. The zero-order valence-electron chi connectivity index (χ0n) is 10.0. The van der Waals surface area contributed by atoms with E-state index in [0.29, 0.717) is 4.31 Å². The Bertz CT molecular complexity index is 412. The van der Waals surface area contributed by atoms with Crippen molar-refractivity contribution >= 4 is 23.1 Å². The monoisotopic (exact) mass is 264 g/mol. The molecule has 0 aromatic heterocycles.